The summed E-state index contributed by atoms with van der Waals surface area (Å²) in [6, 6.07) is 2.47. The van der Waals surface area contributed by atoms with Crippen LogP contribution in [0.5, 0.6) is 0 Å². The molecule has 4 amide bonds. The highest BCUT2D eigenvalue weighted by Gasteiger charge is 2.56. The van der Waals surface area contributed by atoms with Crippen LogP contribution in [0.4, 0.5) is 10.3 Å². The summed E-state index contributed by atoms with van der Waals surface area (Å²) >= 11 is 4.03. The molecule has 4 aliphatic heterocycles. The number of carbonyl (C=O) groups is 8. The predicted molar refractivity (Wildman–Crippen MR) is 242 cm³/mol. The molecule has 7 heterocycles. The minimum absolute atomic E-state index is 0.00553. The number of pyridine rings is 1. The molecule has 29 heteroatoms. The van der Waals surface area contributed by atoms with Gasteiger partial charge in [0.25, 0.3) is 23.6 Å². The lowest BCUT2D eigenvalue weighted by molar-refractivity contribution is -0.689. The minimum atomic E-state index is -1.97. The number of anilines is 2. The number of rotatable bonds is 18. The number of aromatic nitrogens is 3. The van der Waals surface area contributed by atoms with E-state index >= 15 is 0 Å². The minimum Gasteiger partial charge on any atom is -0.478 e. The van der Waals surface area contributed by atoms with Gasteiger partial charge in [-0.25, -0.2) is 33.7 Å². The maximum atomic E-state index is 14.4. The molecule has 9 N–H and O–H groups in total. The summed E-state index contributed by atoms with van der Waals surface area (Å²) in [5, 5.41) is 48.2. The monoisotopic (exact) mass is 1010 g/mol. The number of cyclic esters (lactones) is 1. The fraction of sp³-hybridized carbons (Fsp3) is 0.359. The smallest absolute Gasteiger partial charge is 0.355 e. The molecule has 3 aromatic rings. The Balaban J connectivity index is 1.18. The number of carboxylic acids is 3. The molecule has 358 valence electrons. The van der Waals surface area contributed by atoms with Crippen molar-refractivity contribution in [1.82, 2.24) is 30.8 Å². The second-order valence-electron chi connectivity index (χ2n) is 15.8. The number of aliphatic carboxylic acids is 3. The number of hydrogen-bond acceptors (Lipinski definition) is 21. The average molecular weight is 1020 g/mol. The number of hydrogen-bond donors (Lipinski definition) is 8. The van der Waals surface area contributed by atoms with Crippen molar-refractivity contribution in [3.63, 3.8) is 0 Å². The molecular weight excluding hydrogens is 975 g/mol. The largest absolute Gasteiger partial charge is 0.478 e. The maximum absolute atomic E-state index is 14.4. The Morgan fingerprint density at radius 3 is 2.18 bits per heavy atom. The molecule has 0 saturated carbocycles. The van der Waals surface area contributed by atoms with Crippen molar-refractivity contribution in [2.24, 2.45) is 10.3 Å². The van der Waals surface area contributed by atoms with Crippen LogP contribution in [0.2, 0.25) is 0 Å². The molecule has 0 spiro atoms. The normalized spacial score (nSPS) is 19.9. The molecule has 4 atom stereocenters. The first-order valence-corrected chi connectivity index (χ1v) is 23.7. The Kier molecular flexibility index (Phi) is 14.1. The van der Waals surface area contributed by atoms with E-state index in [1.165, 1.54) is 41.3 Å². The number of thiazole rings is 2. The van der Waals surface area contributed by atoms with Crippen LogP contribution in [0, 0.1) is 0 Å². The number of esters is 1. The molecule has 2 unspecified atom stereocenters. The summed E-state index contributed by atoms with van der Waals surface area (Å²) in [4.78, 5) is 125. The Labute approximate surface area is 400 Å². The van der Waals surface area contributed by atoms with Crippen LogP contribution in [0.3, 0.4) is 0 Å². The Hall–Kier alpha value is -7.11. The highest BCUT2D eigenvalue weighted by Crippen LogP contribution is 2.42. The summed E-state index contributed by atoms with van der Waals surface area (Å²) in [6.45, 7) is 4.88. The molecular formula is C39H40N11O14S4+. The van der Waals surface area contributed by atoms with Crippen LogP contribution in [0.1, 0.15) is 39.1 Å². The first kappa shape index (κ1) is 48.8. The number of β-lactam (4-membered cyclic amide) rings is 1. The number of carbonyl (C=O) groups excluding carboxylic acids is 5. The van der Waals surface area contributed by atoms with Crippen LogP contribution < -0.4 is 31.6 Å². The molecule has 25 nitrogen and oxygen atoms in total. The van der Waals surface area contributed by atoms with Crippen LogP contribution in [-0.2, 0) is 59.3 Å². The molecule has 1 saturated heterocycles. The van der Waals surface area contributed by atoms with Crippen LogP contribution in [-0.4, -0.2) is 141 Å². The van der Waals surface area contributed by atoms with E-state index in [9.17, 15) is 53.7 Å². The Bertz CT molecular complexity index is 2730. The van der Waals surface area contributed by atoms with Crippen molar-refractivity contribution in [1.29, 1.82) is 0 Å². The molecule has 0 aliphatic carbocycles. The lowest BCUT2D eigenvalue weighted by Crippen LogP contribution is -2.70. The van der Waals surface area contributed by atoms with Gasteiger partial charge in [-0.1, -0.05) is 16.4 Å². The van der Waals surface area contributed by atoms with Crippen LogP contribution >= 0.6 is 46.2 Å². The molecule has 7 rings (SSSR count). The van der Waals surface area contributed by atoms with Gasteiger partial charge in [-0.05, 0) is 27.7 Å². The van der Waals surface area contributed by atoms with E-state index in [-0.39, 0.29) is 51.9 Å². The van der Waals surface area contributed by atoms with Crippen molar-refractivity contribution in [2.75, 3.05) is 29.2 Å². The van der Waals surface area contributed by atoms with Crippen LogP contribution in [0.15, 0.2) is 74.2 Å². The third-order valence-corrected chi connectivity index (χ3v) is 14.2. The zero-order valence-corrected chi connectivity index (χ0v) is 39.2. The standard InChI is InChI=1S/C39H39N11O14S4/c1-38(2,34(58)59)63-47-21(18-14-67-36(40)41-18)26(51)43-23(29-45-20(32(55)56)16(12-65-29)10-49-8-6-5-7-9-49)28(53)46-37-42-19(15-68-37)22(48-64-39(3,4)35(60)61)27(52)44-24-30(54)50-25-17(11-62-33(25)57)13-66-31(24)50/h5-9,14-15,23-24,29,31,45H,10-13H2,1-4H3,(H7-,40,41,42,43,44,46,51,52,53,55,56,58,59,60,61)/p+1/b47-21-,48-22-/t23?,24-,29?,31-/m1/s1. The molecule has 4 aliphatic rings. The van der Waals surface area contributed by atoms with E-state index in [4.69, 9.17) is 20.1 Å². The van der Waals surface area contributed by atoms with E-state index < -0.39 is 93.0 Å². The van der Waals surface area contributed by atoms with Gasteiger partial charge in [0.2, 0.25) is 11.2 Å². The Morgan fingerprint density at radius 1 is 0.926 bits per heavy atom. The number of nitrogens with one attached hydrogen (secondary N) is 4. The van der Waals surface area contributed by atoms with Gasteiger partial charge in [0.1, 0.15) is 52.2 Å². The molecule has 68 heavy (non-hydrogen) atoms. The highest BCUT2D eigenvalue weighted by atomic mass is 32.2. The van der Waals surface area contributed by atoms with E-state index in [0.29, 0.717) is 16.9 Å². The number of carboxylic acid groups (broad SMARTS) is 3. The number of ether oxygens (including phenoxy) is 1. The maximum Gasteiger partial charge on any atom is 0.355 e. The van der Waals surface area contributed by atoms with Crippen molar-refractivity contribution in [3.05, 3.63) is 75.3 Å². The lowest BCUT2D eigenvalue weighted by atomic mass is 10.0. The quantitative estimate of drug-likeness (QED) is 0.0266. The molecule has 1 fully saturated rings. The van der Waals surface area contributed by atoms with Gasteiger partial charge < -0.3 is 56.7 Å². The van der Waals surface area contributed by atoms with Crippen molar-refractivity contribution >= 4 is 115 Å². The van der Waals surface area contributed by atoms with Gasteiger partial charge in [0.15, 0.2) is 40.6 Å². The molecule has 0 bridgehead atoms. The van der Waals surface area contributed by atoms with Crippen LogP contribution in [0.25, 0.3) is 0 Å². The van der Waals surface area contributed by atoms with Crippen molar-refractivity contribution in [3.8, 4) is 0 Å². The van der Waals surface area contributed by atoms with Gasteiger partial charge in [-0.3, -0.25) is 24.1 Å². The number of nitrogens with zero attached hydrogens (tertiary/aromatic N) is 6. The average Bonchev–Trinajstić information content (AvgIpc) is 4.04. The van der Waals surface area contributed by atoms with Gasteiger partial charge in [-0.15, -0.1) is 46.2 Å². The first-order valence-electron chi connectivity index (χ1n) is 19.9. The van der Waals surface area contributed by atoms with Crippen molar-refractivity contribution in [2.45, 2.75) is 68.3 Å². The number of amides is 4. The zero-order valence-electron chi connectivity index (χ0n) is 35.9. The fourth-order valence-electron chi connectivity index (χ4n) is 6.35. The van der Waals surface area contributed by atoms with Crippen molar-refractivity contribution < 1.29 is 72.7 Å². The SMILES string of the molecule is CC(C)(O/N=C(\C(=O)NC(C(=O)Nc1nc(/C(=N/OC(C)(C)C(=O)O)C(=O)N[C@@H]2C(=O)N3C4=C(COC4=O)CS[C@H]23)cs1)C1NC(C(=O)O)=C(C[n+]2ccccc2)CS1)c1csc(N)n1)C(=O)O. The molecule has 3 aromatic heterocycles. The van der Waals surface area contributed by atoms with Gasteiger partial charge in [-0.2, -0.15) is 0 Å². The molecule has 0 radical (unpaired) electrons. The van der Waals surface area contributed by atoms with Gasteiger partial charge >= 0.3 is 23.9 Å². The first-order chi connectivity index (χ1) is 32.1. The fourth-order valence-corrected chi connectivity index (χ4v) is 10.1. The summed E-state index contributed by atoms with van der Waals surface area (Å²) in [7, 11) is 0. The third kappa shape index (κ3) is 10.4. The van der Waals surface area contributed by atoms with E-state index in [0.717, 1.165) is 48.3 Å². The summed E-state index contributed by atoms with van der Waals surface area (Å²) < 4.78 is 6.82. The number of fused-ring (bicyclic) bond motifs is 2. The summed E-state index contributed by atoms with van der Waals surface area (Å²) in [5.74, 6) is -8.23. The number of thioether (sulfide) groups is 2. The van der Waals surface area contributed by atoms with E-state index in [2.05, 4.69) is 41.5 Å². The zero-order chi connectivity index (χ0) is 49.2. The summed E-state index contributed by atoms with van der Waals surface area (Å²) in [6.07, 6.45) is 3.47. The number of oxime groups is 2. The summed E-state index contributed by atoms with van der Waals surface area (Å²) in [5.41, 5.74) is 1.27. The van der Waals surface area contributed by atoms with Gasteiger partial charge in [0.05, 0.1) is 0 Å². The lowest BCUT2D eigenvalue weighted by Gasteiger charge is -2.48. The Morgan fingerprint density at radius 2 is 1.56 bits per heavy atom. The highest BCUT2D eigenvalue weighted by molar-refractivity contribution is 8.00. The third-order valence-electron chi connectivity index (χ3n) is 10.2. The second-order valence-corrected chi connectivity index (χ2v) is 19.8. The predicted octanol–water partition coefficient (Wildman–Crippen LogP) is -0.327. The number of nitrogen functional groups attached to an aromatic ring is 1. The van der Waals surface area contributed by atoms with E-state index in [1.54, 1.807) is 35.2 Å². The van der Waals surface area contributed by atoms with Gasteiger partial charge in [0, 0.05) is 45.5 Å². The topological polar surface area (TPSA) is 357 Å². The molecule has 0 aromatic carbocycles. The van der Waals surface area contributed by atoms with E-state index in [1.807, 2.05) is 0 Å². The number of nitrogens with two attached hydrogens (primary N) is 1. The second kappa shape index (κ2) is 19.6.